The van der Waals surface area contributed by atoms with E-state index < -0.39 is 6.04 Å². The van der Waals surface area contributed by atoms with Gasteiger partial charge < -0.3 is 10.5 Å². The maximum Gasteiger partial charge on any atom is 0.123 e. The normalized spacial score (nSPS) is 22.4. The smallest absolute Gasteiger partial charge is 0.123 e. The van der Waals surface area contributed by atoms with Crippen molar-refractivity contribution in [3.63, 3.8) is 0 Å². The standard InChI is InChI=1S/C14H20ClFN2O/c1-2-5-18-6-7-19-13(9-18)14(17)11-8-10(16)3-4-12(11)15/h3-4,8,13-14H,2,5-7,9,17H2,1H3. The summed E-state index contributed by atoms with van der Waals surface area (Å²) in [7, 11) is 0. The largest absolute Gasteiger partial charge is 0.374 e. The maximum absolute atomic E-state index is 13.3. The fourth-order valence-corrected chi connectivity index (χ4v) is 2.68. The summed E-state index contributed by atoms with van der Waals surface area (Å²) < 4.78 is 19.0. The second-order valence-corrected chi connectivity index (χ2v) is 5.31. The van der Waals surface area contributed by atoms with Gasteiger partial charge in [-0.1, -0.05) is 18.5 Å². The first-order valence-corrected chi connectivity index (χ1v) is 7.04. The molecule has 0 spiro atoms. The highest BCUT2D eigenvalue weighted by Gasteiger charge is 2.27. The highest BCUT2D eigenvalue weighted by atomic mass is 35.5. The second-order valence-electron chi connectivity index (χ2n) is 4.90. The third-order valence-corrected chi connectivity index (χ3v) is 3.78. The minimum atomic E-state index is -0.400. The highest BCUT2D eigenvalue weighted by molar-refractivity contribution is 6.31. The summed E-state index contributed by atoms with van der Waals surface area (Å²) in [6, 6.07) is 3.88. The Balaban J connectivity index is 2.10. The molecule has 19 heavy (non-hydrogen) atoms. The van der Waals surface area contributed by atoms with Crippen LogP contribution in [-0.2, 0) is 4.74 Å². The molecule has 1 fully saturated rings. The SMILES string of the molecule is CCCN1CCOC(C(N)c2cc(F)ccc2Cl)C1. The van der Waals surface area contributed by atoms with Crippen molar-refractivity contribution < 1.29 is 9.13 Å². The second kappa shape index (κ2) is 6.66. The van der Waals surface area contributed by atoms with Gasteiger partial charge in [0.05, 0.1) is 18.8 Å². The summed E-state index contributed by atoms with van der Waals surface area (Å²) in [5, 5.41) is 0.491. The molecule has 0 radical (unpaired) electrons. The van der Waals surface area contributed by atoms with Gasteiger partial charge in [0, 0.05) is 18.1 Å². The Morgan fingerprint density at radius 1 is 1.58 bits per heavy atom. The minimum absolute atomic E-state index is 0.139. The van der Waals surface area contributed by atoms with Crippen LogP contribution >= 0.6 is 11.6 Å². The number of rotatable bonds is 4. The van der Waals surface area contributed by atoms with Crippen LogP contribution in [0, 0.1) is 5.82 Å². The molecule has 0 aromatic heterocycles. The van der Waals surface area contributed by atoms with Gasteiger partial charge in [-0.3, -0.25) is 4.90 Å². The van der Waals surface area contributed by atoms with Crippen molar-refractivity contribution >= 4 is 11.6 Å². The van der Waals surface area contributed by atoms with E-state index in [0.717, 1.165) is 26.1 Å². The molecule has 5 heteroatoms. The van der Waals surface area contributed by atoms with E-state index in [0.29, 0.717) is 17.2 Å². The maximum atomic E-state index is 13.3. The number of halogens is 2. The lowest BCUT2D eigenvalue weighted by Crippen LogP contribution is -2.47. The number of nitrogens with two attached hydrogens (primary N) is 1. The van der Waals surface area contributed by atoms with Crippen LogP contribution in [0.1, 0.15) is 24.9 Å². The number of ether oxygens (including phenoxy) is 1. The molecule has 106 valence electrons. The van der Waals surface area contributed by atoms with E-state index in [1.54, 1.807) is 6.07 Å². The Kier molecular flexibility index (Phi) is 5.16. The van der Waals surface area contributed by atoms with Crippen molar-refractivity contribution in [2.45, 2.75) is 25.5 Å². The molecule has 1 aromatic rings. The molecule has 1 heterocycles. The van der Waals surface area contributed by atoms with E-state index in [-0.39, 0.29) is 11.9 Å². The lowest BCUT2D eigenvalue weighted by molar-refractivity contribution is -0.0408. The Bertz CT molecular complexity index is 428. The molecule has 1 aromatic carbocycles. The van der Waals surface area contributed by atoms with Crippen LogP contribution < -0.4 is 5.73 Å². The van der Waals surface area contributed by atoms with E-state index in [2.05, 4.69) is 11.8 Å². The van der Waals surface area contributed by atoms with Gasteiger partial charge in [-0.25, -0.2) is 4.39 Å². The lowest BCUT2D eigenvalue weighted by Gasteiger charge is -2.35. The summed E-state index contributed by atoms with van der Waals surface area (Å²) in [5.41, 5.74) is 6.81. The van der Waals surface area contributed by atoms with Crippen molar-refractivity contribution in [3.05, 3.63) is 34.6 Å². The van der Waals surface area contributed by atoms with E-state index in [4.69, 9.17) is 22.1 Å². The molecule has 3 nitrogen and oxygen atoms in total. The van der Waals surface area contributed by atoms with Gasteiger partial charge in [0.2, 0.25) is 0 Å². The van der Waals surface area contributed by atoms with Gasteiger partial charge >= 0.3 is 0 Å². The molecule has 2 N–H and O–H groups in total. The number of hydrogen-bond acceptors (Lipinski definition) is 3. The Labute approximate surface area is 118 Å². The van der Waals surface area contributed by atoms with Gasteiger partial charge in [-0.2, -0.15) is 0 Å². The van der Waals surface area contributed by atoms with Crippen molar-refractivity contribution in [1.29, 1.82) is 0 Å². The topological polar surface area (TPSA) is 38.5 Å². The summed E-state index contributed by atoms with van der Waals surface area (Å²) in [6.07, 6.45) is 0.961. The zero-order valence-electron chi connectivity index (χ0n) is 11.1. The van der Waals surface area contributed by atoms with Gasteiger partial charge in [-0.15, -0.1) is 0 Å². The zero-order chi connectivity index (χ0) is 13.8. The van der Waals surface area contributed by atoms with Crippen molar-refractivity contribution in [1.82, 2.24) is 4.90 Å². The first-order chi connectivity index (χ1) is 9.11. The van der Waals surface area contributed by atoms with Gasteiger partial charge in [0.1, 0.15) is 5.82 Å². The molecule has 1 saturated heterocycles. The molecule has 0 aliphatic carbocycles. The first kappa shape index (κ1) is 14.7. The predicted molar refractivity (Wildman–Crippen MR) is 74.8 cm³/mol. The first-order valence-electron chi connectivity index (χ1n) is 6.66. The van der Waals surface area contributed by atoms with Gasteiger partial charge in [0.25, 0.3) is 0 Å². The van der Waals surface area contributed by atoms with Crippen LogP contribution in [0.3, 0.4) is 0 Å². The minimum Gasteiger partial charge on any atom is -0.374 e. The lowest BCUT2D eigenvalue weighted by atomic mass is 10.0. The predicted octanol–water partition coefficient (Wildman–Crippen LogP) is 2.59. The van der Waals surface area contributed by atoms with Crippen LogP contribution in [0.2, 0.25) is 5.02 Å². The average molecular weight is 287 g/mol. The van der Waals surface area contributed by atoms with E-state index in [1.807, 2.05) is 0 Å². The van der Waals surface area contributed by atoms with Crippen LogP contribution in [-0.4, -0.2) is 37.2 Å². The van der Waals surface area contributed by atoms with Crippen molar-refractivity contribution in [2.75, 3.05) is 26.2 Å². The number of nitrogens with zero attached hydrogens (tertiary/aromatic N) is 1. The number of benzene rings is 1. The Morgan fingerprint density at radius 2 is 2.37 bits per heavy atom. The van der Waals surface area contributed by atoms with E-state index in [9.17, 15) is 4.39 Å². The zero-order valence-corrected chi connectivity index (χ0v) is 11.9. The molecule has 2 atom stereocenters. The number of hydrogen-bond donors (Lipinski definition) is 1. The molecule has 1 aliphatic rings. The Morgan fingerprint density at radius 3 is 3.11 bits per heavy atom. The van der Waals surface area contributed by atoms with E-state index in [1.165, 1.54) is 12.1 Å². The molecule has 2 rings (SSSR count). The summed E-state index contributed by atoms with van der Waals surface area (Å²) in [4.78, 5) is 2.32. The summed E-state index contributed by atoms with van der Waals surface area (Å²) >= 11 is 6.09. The quantitative estimate of drug-likeness (QED) is 0.925. The molecule has 0 saturated carbocycles. The molecular formula is C14H20ClFN2O. The van der Waals surface area contributed by atoms with E-state index >= 15 is 0 Å². The third kappa shape index (κ3) is 3.66. The molecule has 0 bridgehead atoms. The summed E-state index contributed by atoms with van der Waals surface area (Å²) in [6.45, 7) is 5.53. The van der Waals surface area contributed by atoms with Crippen LogP contribution in [0.4, 0.5) is 4.39 Å². The van der Waals surface area contributed by atoms with Crippen LogP contribution in [0.15, 0.2) is 18.2 Å². The van der Waals surface area contributed by atoms with Gasteiger partial charge in [-0.05, 0) is 36.7 Å². The van der Waals surface area contributed by atoms with Crippen molar-refractivity contribution in [3.8, 4) is 0 Å². The van der Waals surface area contributed by atoms with Crippen LogP contribution in [0.5, 0.6) is 0 Å². The molecular weight excluding hydrogens is 267 g/mol. The number of morpholine rings is 1. The average Bonchev–Trinajstić information content (AvgIpc) is 2.41. The fourth-order valence-electron chi connectivity index (χ4n) is 2.44. The fraction of sp³-hybridized carbons (Fsp3) is 0.571. The monoisotopic (exact) mass is 286 g/mol. The molecule has 0 amide bonds. The molecule has 2 unspecified atom stereocenters. The Hall–Kier alpha value is -0.680. The van der Waals surface area contributed by atoms with Gasteiger partial charge in [0.15, 0.2) is 0 Å². The summed E-state index contributed by atoms with van der Waals surface area (Å²) in [5.74, 6) is -0.323. The van der Waals surface area contributed by atoms with Crippen molar-refractivity contribution in [2.24, 2.45) is 5.73 Å². The highest BCUT2D eigenvalue weighted by Crippen LogP contribution is 2.27. The molecule has 1 aliphatic heterocycles. The third-order valence-electron chi connectivity index (χ3n) is 3.44. The van der Waals surface area contributed by atoms with Crippen LogP contribution in [0.25, 0.3) is 0 Å².